The Hall–Kier alpha value is -2.17. The molecule has 1 aromatic carbocycles. The van der Waals surface area contributed by atoms with Gasteiger partial charge in [-0.25, -0.2) is 4.98 Å². The van der Waals surface area contributed by atoms with Crippen molar-refractivity contribution < 1.29 is 14.2 Å². The normalized spacial score (nSPS) is 10.3. The molecule has 20 heavy (non-hydrogen) atoms. The summed E-state index contributed by atoms with van der Waals surface area (Å²) in [6.07, 6.45) is 6.41. The SMILES string of the molecule is COc1cc(C)cc(OCCCn2ccnc2)c1OC. The first kappa shape index (κ1) is 14.2. The summed E-state index contributed by atoms with van der Waals surface area (Å²) in [4.78, 5) is 4.01. The fourth-order valence-corrected chi connectivity index (χ4v) is 2.02. The lowest BCUT2D eigenvalue weighted by molar-refractivity contribution is 0.274. The second kappa shape index (κ2) is 6.84. The van der Waals surface area contributed by atoms with Crippen LogP contribution < -0.4 is 14.2 Å². The van der Waals surface area contributed by atoms with Crippen LogP contribution in [0.3, 0.4) is 0 Å². The summed E-state index contributed by atoms with van der Waals surface area (Å²) in [6, 6.07) is 3.88. The fraction of sp³-hybridized carbons (Fsp3) is 0.400. The first-order chi connectivity index (χ1) is 9.74. The van der Waals surface area contributed by atoms with Gasteiger partial charge in [-0.15, -0.1) is 0 Å². The van der Waals surface area contributed by atoms with E-state index in [1.807, 2.05) is 29.8 Å². The first-order valence-corrected chi connectivity index (χ1v) is 6.55. The highest BCUT2D eigenvalue weighted by Gasteiger charge is 2.12. The van der Waals surface area contributed by atoms with Gasteiger partial charge in [-0.05, 0) is 31.0 Å². The average Bonchev–Trinajstić information content (AvgIpc) is 2.96. The van der Waals surface area contributed by atoms with Gasteiger partial charge in [0.1, 0.15) is 0 Å². The number of hydrogen-bond donors (Lipinski definition) is 0. The summed E-state index contributed by atoms with van der Waals surface area (Å²) < 4.78 is 18.5. The molecular weight excluding hydrogens is 256 g/mol. The molecule has 2 aromatic rings. The van der Waals surface area contributed by atoms with E-state index in [2.05, 4.69) is 4.98 Å². The third-order valence-electron chi connectivity index (χ3n) is 2.97. The molecule has 0 spiro atoms. The predicted octanol–water partition coefficient (Wildman–Crippen LogP) is 2.68. The molecule has 0 N–H and O–H groups in total. The second-order valence-corrected chi connectivity index (χ2v) is 4.50. The van der Waals surface area contributed by atoms with Crippen LogP contribution in [0.5, 0.6) is 17.2 Å². The van der Waals surface area contributed by atoms with E-state index in [0.717, 1.165) is 24.3 Å². The number of aromatic nitrogens is 2. The Balaban J connectivity index is 1.96. The smallest absolute Gasteiger partial charge is 0.203 e. The average molecular weight is 276 g/mol. The minimum absolute atomic E-state index is 0.612. The highest BCUT2D eigenvalue weighted by Crippen LogP contribution is 2.38. The minimum atomic E-state index is 0.612. The highest BCUT2D eigenvalue weighted by atomic mass is 16.5. The molecular formula is C15H20N2O3. The van der Waals surface area contributed by atoms with Gasteiger partial charge >= 0.3 is 0 Å². The van der Waals surface area contributed by atoms with E-state index in [1.54, 1.807) is 26.7 Å². The van der Waals surface area contributed by atoms with E-state index in [1.165, 1.54) is 0 Å². The fourth-order valence-electron chi connectivity index (χ4n) is 2.02. The van der Waals surface area contributed by atoms with E-state index in [4.69, 9.17) is 14.2 Å². The molecule has 0 aliphatic heterocycles. The molecule has 0 amide bonds. The third kappa shape index (κ3) is 3.44. The van der Waals surface area contributed by atoms with E-state index >= 15 is 0 Å². The number of benzene rings is 1. The van der Waals surface area contributed by atoms with Gasteiger partial charge in [0.25, 0.3) is 0 Å². The molecule has 0 bridgehead atoms. The van der Waals surface area contributed by atoms with Gasteiger partial charge in [0.2, 0.25) is 5.75 Å². The van der Waals surface area contributed by atoms with Crippen LogP contribution in [0.4, 0.5) is 0 Å². The van der Waals surface area contributed by atoms with Crippen molar-refractivity contribution >= 4 is 0 Å². The van der Waals surface area contributed by atoms with Gasteiger partial charge in [-0.1, -0.05) is 0 Å². The topological polar surface area (TPSA) is 45.5 Å². The van der Waals surface area contributed by atoms with Crippen molar-refractivity contribution in [3.05, 3.63) is 36.4 Å². The Morgan fingerprint density at radius 2 is 1.95 bits per heavy atom. The number of aryl methyl sites for hydroxylation is 2. The molecule has 0 fully saturated rings. The molecule has 5 nitrogen and oxygen atoms in total. The summed E-state index contributed by atoms with van der Waals surface area (Å²) in [7, 11) is 3.24. The quantitative estimate of drug-likeness (QED) is 0.729. The van der Waals surface area contributed by atoms with E-state index in [0.29, 0.717) is 18.1 Å². The Morgan fingerprint density at radius 1 is 1.15 bits per heavy atom. The van der Waals surface area contributed by atoms with Gasteiger partial charge in [-0.3, -0.25) is 0 Å². The summed E-state index contributed by atoms with van der Waals surface area (Å²) in [5.41, 5.74) is 1.08. The molecule has 0 saturated heterocycles. The maximum absolute atomic E-state index is 5.81. The van der Waals surface area contributed by atoms with Crippen LogP contribution in [-0.4, -0.2) is 30.4 Å². The standard InChI is InChI=1S/C15H20N2O3/c1-12-9-13(18-2)15(19-3)14(10-12)20-8-4-6-17-7-5-16-11-17/h5,7,9-11H,4,6,8H2,1-3H3. The van der Waals surface area contributed by atoms with E-state index in [9.17, 15) is 0 Å². The van der Waals surface area contributed by atoms with E-state index in [-0.39, 0.29) is 0 Å². The molecule has 5 heteroatoms. The number of imidazole rings is 1. The van der Waals surface area contributed by atoms with Crippen LogP contribution in [0.15, 0.2) is 30.9 Å². The molecule has 2 rings (SSSR count). The third-order valence-corrected chi connectivity index (χ3v) is 2.97. The van der Waals surface area contributed by atoms with Crippen LogP contribution in [0.25, 0.3) is 0 Å². The van der Waals surface area contributed by atoms with Gasteiger partial charge < -0.3 is 18.8 Å². The Morgan fingerprint density at radius 3 is 2.60 bits per heavy atom. The number of rotatable bonds is 7. The lowest BCUT2D eigenvalue weighted by Gasteiger charge is -2.14. The molecule has 0 radical (unpaired) electrons. The number of hydrogen-bond acceptors (Lipinski definition) is 4. The summed E-state index contributed by atoms with van der Waals surface area (Å²) >= 11 is 0. The lowest BCUT2D eigenvalue weighted by atomic mass is 10.2. The molecule has 0 aliphatic rings. The van der Waals surface area contributed by atoms with Gasteiger partial charge in [-0.2, -0.15) is 0 Å². The zero-order valence-electron chi connectivity index (χ0n) is 12.1. The lowest BCUT2D eigenvalue weighted by Crippen LogP contribution is -2.04. The van der Waals surface area contributed by atoms with Crippen molar-refractivity contribution in [1.82, 2.24) is 9.55 Å². The van der Waals surface area contributed by atoms with Crippen LogP contribution in [0, 0.1) is 6.92 Å². The van der Waals surface area contributed by atoms with Crippen LogP contribution in [0.2, 0.25) is 0 Å². The molecule has 0 aliphatic carbocycles. The predicted molar refractivity (Wildman–Crippen MR) is 76.6 cm³/mol. The Bertz CT molecular complexity index is 538. The maximum atomic E-state index is 5.81. The van der Waals surface area contributed by atoms with E-state index < -0.39 is 0 Å². The van der Waals surface area contributed by atoms with Gasteiger partial charge in [0.05, 0.1) is 27.2 Å². The minimum Gasteiger partial charge on any atom is -0.493 e. The van der Waals surface area contributed by atoms with Crippen LogP contribution >= 0.6 is 0 Å². The molecule has 0 unspecified atom stereocenters. The zero-order chi connectivity index (χ0) is 14.4. The summed E-state index contributed by atoms with van der Waals surface area (Å²) in [5, 5.41) is 0. The van der Waals surface area contributed by atoms with Crippen molar-refractivity contribution in [2.45, 2.75) is 19.9 Å². The molecule has 0 saturated carbocycles. The number of nitrogens with zero attached hydrogens (tertiary/aromatic N) is 2. The van der Waals surface area contributed by atoms with Crippen molar-refractivity contribution in [3.63, 3.8) is 0 Å². The Labute approximate surface area is 119 Å². The molecule has 108 valence electrons. The van der Waals surface area contributed by atoms with Gasteiger partial charge in [0.15, 0.2) is 11.5 Å². The second-order valence-electron chi connectivity index (χ2n) is 4.50. The zero-order valence-corrected chi connectivity index (χ0v) is 12.1. The molecule has 1 heterocycles. The van der Waals surface area contributed by atoms with Crippen LogP contribution in [0.1, 0.15) is 12.0 Å². The maximum Gasteiger partial charge on any atom is 0.203 e. The van der Waals surface area contributed by atoms with Crippen LogP contribution in [-0.2, 0) is 6.54 Å². The van der Waals surface area contributed by atoms with Crippen molar-refractivity contribution in [2.24, 2.45) is 0 Å². The summed E-state index contributed by atoms with van der Waals surface area (Å²) in [5.74, 6) is 2.05. The molecule has 0 atom stereocenters. The Kier molecular flexibility index (Phi) is 4.87. The first-order valence-electron chi connectivity index (χ1n) is 6.55. The number of methoxy groups -OCH3 is 2. The largest absolute Gasteiger partial charge is 0.493 e. The highest BCUT2D eigenvalue weighted by molar-refractivity contribution is 5.53. The van der Waals surface area contributed by atoms with Crippen molar-refractivity contribution in [3.8, 4) is 17.2 Å². The van der Waals surface area contributed by atoms with Crippen molar-refractivity contribution in [1.29, 1.82) is 0 Å². The van der Waals surface area contributed by atoms with Crippen molar-refractivity contribution in [2.75, 3.05) is 20.8 Å². The molecule has 1 aromatic heterocycles. The number of ether oxygens (including phenoxy) is 3. The summed E-state index contributed by atoms with van der Waals surface area (Å²) in [6.45, 7) is 3.49. The van der Waals surface area contributed by atoms with Gasteiger partial charge in [0, 0.05) is 18.9 Å². The monoisotopic (exact) mass is 276 g/mol.